The fraction of sp³-hybridized carbons (Fsp3) is 0.917. The molecule has 0 spiro atoms. The van der Waals surface area contributed by atoms with Crippen molar-refractivity contribution >= 4 is 6.09 Å². The van der Waals surface area contributed by atoms with Gasteiger partial charge in [0.2, 0.25) is 0 Å². The molecule has 1 fully saturated rings. The average Bonchev–Trinajstić information content (AvgIpc) is 2.54. The zero-order valence-corrected chi connectivity index (χ0v) is 11.2. The first-order chi connectivity index (χ1) is 7.83. The Kier molecular flexibility index (Phi) is 4.77. The Balaban J connectivity index is 2.45. The van der Waals surface area contributed by atoms with Gasteiger partial charge in [0, 0.05) is 6.54 Å². The number of amides is 1. The van der Waals surface area contributed by atoms with Crippen LogP contribution in [-0.2, 0) is 4.74 Å². The van der Waals surface area contributed by atoms with E-state index in [9.17, 15) is 9.90 Å². The van der Waals surface area contributed by atoms with Crippen molar-refractivity contribution in [2.75, 3.05) is 19.6 Å². The SMILES string of the molecule is CCCN[C@@H]1CN(C(=O)OC(C)(C)C)C[C@@H]1O. The highest BCUT2D eigenvalue weighted by molar-refractivity contribution is 5.68. The lowest BCUT2D eigenvalue weighted by Gasteiger charge is -2.24. The molecule has 0 aromatic rings. The summed E-state index contributed by atoms with van der Waals surface area (Å²) < 4.78 is 5.27. The quantitative estimate of drug-likeness (QED) is 0.776. The smallest absolute Gasteiger partial charge is 0.410 e. The van der Waals surface area contributed by atoms with Crippen molar-refractivity contribution in [3.63, 3.8) is 0 Å². The molecule has 0 radical (unpaired) electrons. The third kappa shape index (κ3) is 4.52. The Bertz CT molecular complexity index is 263. The highest BCUT2D eigenvalue weighted by Crippen LogP contribution is 2.15. The van der Waals surface area contributed by atoms with Crippen LogP contribution < -0.4 is 5.32 Å². The molecule has 0 aromatic carbocycles. The average molecular weight is 244 g/mol. The largest absolute Gasteiger partial charge is 0.444 e. The van der Waals surface area contributed by atoms with E-state index in [0.717, 1.165) is 13.0 Å². The summed E-state index contributed by atoms with van der Waals surface area (Å²) >= 11 is 0. The van der Waals surface area contributed by atoms with Crippen LogP contribution in [0.15, 0.2) is 0 Å². The van der Waals surface area contributed by atoms with Crippen LogP contribution in [0.25, 0.3) is 0 Å². The number of likely N-dealkylation sites (tertiary alicyclic amines) is 1. The number of β-amino-alcohol motifs (C(OH)–C–C–N with tert-alkyl or cyclic N) is 1. The number of carbonyl (C=O) groups is 1. The van der Waals surface area contributed by atoms with E-state index in [4.69, 9.17) is 4.74 Å². The second-order valence-corrected chi connectivity index (χ2v) is 5.51. The molecule has 0 aliphatic carbocycles. The van der Waals surface area contributed by atoms with E-state index in [2.05, 4.69) is 12.2 Å². The zero-order chi connectivity index (χ0) is 13.1. The molecular weight excluding hydrogens is 220 g/mol. The number of carbonyl (C=O) groups excluding carboxylic acids is 1. The number of rotatable bonds is 3. The molecule has 0 unspecified atom stereocenters. The molecule has 0 bridgehead atoms. The second-order valence-electron chi connectivity index (χ2n) is 5.51. The molecule has 5 nitrogen and oxygen atoms in total. The van der Waals surface area contributed by atoms with Gasteiger partial charge in [-0.1, -0.05) is 6.92 Å². The number of hydrogen-bond donors (Lipinski definition) is 2. The first-order valence-corrected chi connectivity index (χ1v) is 6.23. The normalized spacial score (nSPS) is 25.1. The topological polar surface area (TPSA) is 61.8 Å². The highest BCUT2D eigenvalue weighted by Gasteiger charge is 2.35. The second kappa shape index (κ2) is 5.69. The van der Waals surface area contributed by atoms with Crippen LogP contribution in [-0.4, -0.2) is 53.5 Å². The first-order valence-electron chi connectivity index (χ1n) is 6.23. The van der Waals surface area contributed by atoms with E-state index in [1.54, 1.807) is 4.90 Å². The molecule has 0 aromatic heterocycles. The summed E-state index contributed by atoms with van der Waals surface area (Å²) in [6.45, 7) is 9.29. The van der Waals surface area contributed by atoms with Crippen molar-refractivity contribution in [1.82, 2.24) is 10.2 Å². The molecular formula is C12H24N2O3. The Morgan fingerprint density at radius 1 is 1.47 bits per heavy atom. The van der Waals surface area contributed by atoms with Gasteiger partial charge in [-0.05, 0) is 33.7 Å². The van der Waals surface area contributed by atoms with E-state index in [1.165, 1.54) is 0 Å². The monoisotopic (exact) mass is 244 g/mol. The van der Waals surface area contributed by atoms with Gasteiger partial charge in [0.1, 0.15) is 5.60 Å². The molecule has 1 aliphatic heterocycles. The van der Waals surface area contributed by atoms with Crippen LogP contribution in [0.5, 0.6) is 0 Å². The van der Waals surface area contributed by atoms with Crippen LogP contribution in [0.1, 0.15) is 34.1 Å². The van der Waals surface area contributed by atoms with Crippen LogP contribution in [0.2, 0.25) is 0 Å². The molecule has 2 N–H and O–H groups in total. The van der Waals surface area contributed by atoms with Gasteiger partial charge in [-0.15, -0.1) is 0 Å². The molecule has 1 amide bonds. The highest BCUT2D eigenvalue weighted by atomic mass is 16.6. The number of ether oxygens (including phenoxy) is 1. The molecule has 1 aliphatic rings. The molecule has 100 valence electrons. The van der Waals surface area contributed by atoms with E-state index in [-0.39, 0.29) is 12.1 Å². The summed E-state index contributed by atoms with van der Waals surface area (Å²) in [5, 5.41) is 13.1. The maximum atomic E-state index is 11.8. The van der Waals surface area contributed by atoms with Gasteiger partial charge in [-0.3, -0.25) is 0 Å². The molecule has 17 heavy (non-hydrogen) atoms. The van der Waals surface area contributed by atoms with Gasteiger partial charge >= 0.3 is 6.09 Å². The summed E-state index contributed by atoms with van der Waals surface area (Å²) in [5.74, 6) is 0. The third-order valence-electron chi connectivity index (χ3n) is 2.60. The van der Waals surface area contributed by atoms with Crippen molar-refractivity contribution in [2.45, 2.75) is 51.9 Å². The minimum absolute atomic E-state index is 0.0394. The summed E-state index contributed by atoms with van der Waals surface area (Å²) in [5.41, 5.74) is -0.489. The van der Waals surface area contributed by atoms with Crippen molar-refractivity contribution in [3.05, 3.63) is 0 Å². The Labute approximate surface area is 103 Å². The maximum absolute atomic E-state index is 11.8. The minimum atomic E-state index is -0.505. The molecule has 1 heterocycles. The Morgan fingerprint density at radius 3 is 2.65 bits per heavy atom. The summed E-state index contributed by atoms with van der Waals surface area (Å²) in [6.07, 6.45) is 0.154. The van der Waals surface area contributed by atoms with Gasteiger partial charge in [0.15, 0.2) is 0 Å². The lowest BCUT2D eigenvalue weighted by molar-refractivity contribution is 0.0270. The van der Waals surface area contributed by atoms with Crippen LogP contribution >= 0.6 is 0 Å². The van der Waals surface area contributed by atoms with Gasteiger partial charge in [0.05, 0.1) is 18.7 Å². The predicted molar refractivity (Wildman–Crippen MR) is 65.9 cm³/mol. The van der Waals surface area contributed by atoms with Crippen LogP contribution in [0.4, 0.5) is 4.79 Å². The van der Waals surface area contributed by atoms with E-state index < -0.39 is 11.7 Å². The summed E-state index contributed by atoms with van der Waals surface area (Å²) in [4.78, 5) is 13.3. The number of nitrogens with zero attached hydrogens (tertiary/aromatic N) is 1. The minimum Gasteiger partial charge on any atom is -0.444 e. The third-order valence-corrected chi connectivity index (χ3v) is 2.60. The van der Waals surface area contributed by atoms with Crippen molar-refractivity contribution in [1.29, 1.82) is 0 Å². The van der Waals surface area contributed by atoms with Crippen molar-refractivity contribution < 1.29 is 14.6 Å². The fourth-order valence-electron chi connectivity index (χ4n) is 1.79. The standard InChI is InChI=1S/C12H24N2O3/c1-5-6-13-9-7-14(8-10(9)15)11(16)17-12(2,3)4/h9-10,13,15H,5-8H2,1-4H3/t9-,10+/m1/s1. The first kappa shape index (κ1) is 14.3. The number of nitrogens with one attached hydrogen (secondary N) is 1. The molecule has 0 saturated carbocycles. The Hall–Kier alpha value is -0.810. The van der Waals surface area contributed by atoms with E-state index >= 15 is 0 Å². The summed E-state index contributed by atoms with van der Waals surface area (Å²) in [7, 11) is 0. The molecule has 1 saturated heterocycles. The van der Waals surface area contributed by atoms with Gasteiger partial charge in [0.25, 0.3) is 0 Å². The fourth-order valence-corrected chi connectivity index (χ4v) is 1.79. The van der Waals surface area contributed by atoms with E-state index in [1.807, 2.05) is 20.8 Å². The van der Waals surface area contributed by atoms with Crippen LogP contribution in [0.3, 0.4) is 0 Å². The molecule has 1 rings (SSSR count). The number of aliphatic hydroxyl groups excluding tert-OH is 1. The summed E-state index contributed by atoms with van der Waals surface area (Å²) in [6, 6.07) is -0.0394. The lowest BCUT2D eigenvalue weighted by Crippen LogP contribution is -2.40. The molecule has 2 atom stereocenters. The maximum Gasteiger partial charge on any atom is 0.410 e. The van der Waals surface area contributed by atoms with Gasteiger partial charge in [-0.2, -0.15) is 0 Å². The number of aliphatic hydroxyl groups is 1. The van der Waals surface area contributed by atoms with Gasteiger partial charge < -0.3 is 20.1 Å². The lowest BCUT2D eigenvalue weighted by atomic mass is 10.2. The Morgan fingerprint density at radius 2 is 2.12 bits per heavy atom. The van der Waals surface area contributed by atoms with Crippen molar-refractivity contribution in [3.8, 4) is 0 Å². The van der Waals surface area contributed by atoms with Gasteiger partial charge in [-0.25, -0.2) is 4.79 Å². The van der Waals surface area contributed by atoms with Crippen LogP contribution in [0, 0.1) is 0 Å². The molecule has 5 heteroatoms. The van der Waals surface area contributed by atoms with E-state index in [0.29, 0.717) is 13.1 Å². The van der Waals surface area contributed by atoms with Crippen molar-refractivity contribution in [2.24, 2.45) is 0 Å². The zero-order valence-electron chi connectivity index (χ0n) is 11.2. The predicted octanol–water partition coefficient (Wildman–Crippen LogP) is 0.966. The number of hydrogen-bond acceptors (Lipinski definition) is 4.